The summed E-state index contributed by atoms with van der Waals surface area (Å²) in [6.07, 6.45) is 0.264. The molecule has 4 nitrogen and oxygen atoms in total. The monoisotopic (exact) mass is 312 g/mol. The normalized spacial score (nSPS) is 11.3. The van der Waals surface area contributed by atoms with Gasteiger partial charge >= 0.3 is 0 Å². The minimum absolute atomic E-state index is 0.264. The third-order valence-electron chi connectivity index (χ3n) is 2.62. The topological polar surface area (TPSA) is 63.6 Å². The first-order chi connectivity index (χ1) is 9.42. The van der Waals surface area contributed by atoms with Crippen LogP contribution in [0.5, 0.6) is 11.5 Å². The smallest absolute Gasteiger partial charge is 0.265 e. The van der Waals surface area contributed by atoms with Crippen molar-refractivity contribution in [2.75, 3.05) is 5.75 Å². The number of hydrogen-bond acceptors (Lipinski definition) is 3. The average molecular weight is 313 g/mol. The molecule has 0 heterocycles. The Morgan fingerprint density at radius 1 is 0.950 bits per heavy atom. The van der Waals surface area contributed by atoms with Crippen molar-refractivity contribution in [2.45, 2.75) is 6.42 Å². The van der Waals surface area contributed by atoms with Crippen molar-refractivity contribution in [1.82, 2.24) is 0 Å². The van der Waals surface area contributed by atoms with Gasteiger partial charge in [0.25, 0.3) is 10.1 Å². The van der Waals surface area contributed by atoms with Crippen LogP contribution in [-0.4, -0.2) is 18.7 Å². The molecule has 0 radical (unpaired) electrons. The van der Waals surface area contributed by atoms with Crippen LogP contribution in [0.1, 0.15) is 5.56 Å². The summed E-state index contributed by atoms with van der Waals surface area (Å²) < 4.78 is 35.6. The Kier molecular flexibility index (Phi) is 4.65. The Morgan fingerprint density at radius 2 is 1.45 bits per heavy atom. The van der Waals surface area contributed by atoms with Crippen LogP contribution in [0.2, 0.25) is 5.02 Å². The van der Waals surface area contributed by atoms with Crippen molar-refractivity contribution < 1.29 is 17.7 Å². The van der Waals surface area contributed by atoms with Gasteiger partial charge in [-0.1, -0.05) is 23.7 Å². The number of benzene rings is 2. The molecular weight excluding hydrogens is 300 g/mol. The molecule has 106 valence electrons. The van der Waals surface area contributed by atoms with E-state index >= 15 is 0 Å². The van der Waals surface area contributed by atoms with E-state index in [2.05, 4.69) is 0 Å². The van der Waals surface area contributed by atoms with Gasteiger partial charge < -0.3 is 4.74 Å². The van der Waals surface area contributed by atoms with E-state index in [1.54, 1.807) is 48.5 Å². The van der Waals surface area contributed by atoms with Crippen molar-refractivity contribution in [1.29, 1.82) is 0 Å². The minimum Gasteiger partial charge on any atom is -0.457 e. The van der Waals surface area contributed by atoms with E-state index < -0.39 is 10.1 Å². The Balaban J connectivity index is 1.99. The Labute approximate surface area is 122 Å². The molecule has 0 saturated carbocycles. The van der Waals surface area contributed by atoms with Gasteiger partial charge in [0.15, 0.2) is 0 Å². The molecule has 2 aromatic carbocycles. The fourth-order valence-electron chi connectivity index (χ4n) is 1.61. The van der Waals surface area contributed by atoms with E-state index in [0.29, 0.717) is 16.5 Å². The molecule has 0 atom stereocenters. The van der Waals surface area contributed by atoms with Crippen molar-refractivity contribution in [3.63, 3.8) is 0 Å². The largest absolute Gasteiger partial charge is 0.457 e. The lowest BCUT2D eigenvalue weighted by atomic mass is 10.2. The maximum atomic E-state index is 10.7. The second-order valence-electron chi connectivity index (χ2n) is 4.24. The molecule has 0 fully saturated rings. The fraction of sp³-hybridized carbons (Fsp3) is 0.143. The van der Waals surface area contributed by atoms with Crippen LogP contribution in [-0.2, 0) is 16.5 Å². The van der Waals surface area contributed by atoms with Gasteiger partial charge in [-0.15, -0.1) is 0 Å². The molecule has 0 aromatic heterocycles. The van der Waals surface area contributed by atoms with Crippen molar-refractivity contribution >= 4 is 21.7 Å². The standard InChI is InChI=1S/C14H13ClO4S/c15-12-3-7-14(8-4-12)19-13-5-1-11(2-6-13)9-10-20(16,17)18/h1-8H,9-10H2,(H,16,17,18). The molecule has 0 amide bonds. The highest BCUT2D eigenvalue weighted by atomic mass is 35.5. The van der Waals surface area contributed by atoms with Gasteiger partial charge in [0.1, 0.15) is 11.5 Å². The average Bonchev–Trinajstić information content (AvgIpc) is 2.40. The number of halogens is 1. The highest BCUT2D eigenvalue weighted by Crippen LogP contribution is 2.23. The summed E-state index contributed by atoms with van der Waals surface area (Å²) in [4.78, 5) is 0. The van der Waals surface area contributed by atoms with Crippen LogP contribution in [0.15, 0.2) is 48.5 Å². The quantitative estimate of drug-likeness (QED) is 0.857. The van der Waals surface area contributed by atoms with Gasteiger partial charge in [-0.05, 0) is 48.4 Å². The predicted octanol–water partition coefficient (Wildman–Crippen LogP) is 3.56. The Hall–Kier alpha value is -1.56. The van der Waals surface area contributed by atoms with Crippen LogP contribution in [0.4, 0.5) is 0 Å². The molecule has 0 bridgehead atoms. The zero-order valence-corrected chi connectivity index (χ0v) is 12.1. The van der Waals surface area contributed by atoms with Crippen LogP contribution in [0, 0.1) is 0 Å². The maximum Gasteiger partial charge on any atom is 0.265 e. The van der Waals surface area contributed by atoms with E-state index in [4.69, 9.17) is 20.9 Å². The van der Waals surface area contributed by atoms with E-state index in [1.165, 1.54) is 0 Å². The van der Waals surface area contributed by atoms with Crippen LogP contribution < -0.4 is 4.74 Å². The highest BCUT2D eigenvalue weighted by Gasteiger charge is 2.05. The third-order valence-corrected chi connectivity index (χ3v) is 3.59. The second-order valence-corrected chi connectivity index (χ2v) is 6.24. The first-order valence-electron chi connectivity index (χ1n) is 5.90. The summed E-state index contributed by atoms with van der Waals surface area (Å²) in [7, 11) is -3.93. The molecular formula is C14H13ClO4S. The van der Waals surface area contributed by atoms with Gasteiger partial charge in [-0.3, -0.25) is 4.55 Å². The molecule has 2 aromatic rings. The summed E-state index contributed by atoms with van der Waals surface area (Å²) in [6, 6.07) is 14.0. The zero-order chi connectivity index (χ0) is 14.6. The maximum absolute atomic E-state index is 10.7. The molecule has 0 aliphatic carbocycles. The van der Waals surface area contributed by atoms with Gasteiger partial charge in [0.05, 0.1) is 5.75 Å². The molecule has 0 aliphatic heterocycles. The van der Waals surface area contributed by atoms with Gasteiger partial charge in [0.2, 0.25) is 0 Å². The number of rotatable bonds is 5. The lowest BCUT2D eigenvalue weighted by Gasteiger charge is -2.06. The molecule has 0 unspecified atom stereocenters. The SMILES string of the molecule is O=S(=O)(O)CCc1ccc(Oc2ccc(Cl)cc2)cc1. The molecule has 20 heavy (non-hydrogen) atoms. The van der Waals surface area contributed by atoms with Crippen molar-refractivity contribution in [3.05, 3.63) is 59.1 Å². The highest BCUT2D eigenvalue weighted by molar-refractivity contribution is 7.85. The summed E-state index contributed by atoms with van der Waals surface area (Å²) in [5.74, 6) is 1.02. The van der Waals surface area contributed by atoms with Gasteiger partial charge in [-0.2, -0.15) is 8.42 Å². The molecule has 0 spiro atoms. The molecule has 2 rings (SSSR count). The minimum atomic E-state index is -3.93. The number of ether oxygens (including phenoxy) is 1. The van der Waals surface area contributed by atoms with Crippen molar-refractivity contribution in [3.8, 4) is 11.5 Å². The van der Waals surface area contributed by atoms with E-state index in [1.807, 2.05) is 0 Å². The Morgan fingerprint density at radius 3 is 1.95 bits per heavy atom. The third kappa shape index (κ3) is 4.85. The van der Waals surface area contributed by atoms with Crippen LogP contribution in [0.25, 0.3) is 0 Å². The molecule has 0 aliphatic rings. The predicted molar refractivity (Wildman–Crippen MR) is 78.1 cm³/mol. The summed E-state index contributed by atoms with van der Waals surface area (Å²) in [5, 5.41) is 0.637. The summed E-state index contributed by atoms with van der Waals surface area (Å²) in [5.41, 5.74) is 0.811. The van der Waals surface area contributed by atoms with Crippen LogP contribution >= 0.6 is 11.6 Å². The summed E-state index contributed by atoms with van der Waals surface area (Å²) >= 11 is 5.78. The molecule has 0 saturated heterocycles. The van der Waals surface area contributed by atoms with E-state index in [0.717, 1.165) is 5.56 Å². The first-order valence-corrected chi connectivity index (χ1v) is 7.89. The van der Waals surface area contributed by atoms with Crippen LogP contribution in [0.3, 0.4) is 0 Å². The lowest BCUT2D eigenvalue weighted by molar-refractivity contribution is 0.482. The van der Waals surface area contributed by atoms with Gasteiger partial charge in [0, 0.05) is 5.02 Å². The number of hydrogen-bond donors (Lipinski definition) is 1. The fourth-order valence-corrected chi connectivity index (χ4v) is 2.23. The van der Waals surface area contributed by atoms with Gasteiger partial charge in [-0.25, -0.2) is 0 Å². The summed E-state index contributed by atoms with van der Waals surface area (Å²) in [6.45, 7) is 0. The zero-order valence-electron chi connectivity index (χ0n) is 10.5. The van der Waals surface area contributed by atoms with E-state index in [9.17, 15) is 8.42 Å². The molecule has 6 heteroatoms. The van der Waals surface area contributed by atoms with Crippen molar-refractivity contribution in [2.24, 2.45) is 0 Å². The van der Waals surface area contributed by atoms with E-state index in [-0.39, 0.29) is 12.2 Å². The Bertz CT molecular complexity index is 663. The molecule has 1 N–H and O–H groups in total. The first kappa shape index (κ1) is 14.8. The number of aryl methyl sites for hydroxylation is 1. The lowest BCUT2D eigenvalue weighted by Crippen LogP contribution is -2.06. The second kappa shape index (κ2) is 6.26.